The highest BCUT2D eigenvalue weighted by Gasteiger charge is 2.25. The molecule has 1 fully saturated rings. The Labute approximate surface area is 166 Å². The van der Waals surface area contributed by atoms with Gasteiger partial charge in [-0.2, -0.15) is 0 Å². The minimum Gasteiger partial charge on any atom is -0.497 e. The molecule has 1 saturated heterocycles. The van der Waals surface area contributed by atoms with Crippen molar-refractivity contribution < 1.29 is 13.9 Å². The standard InChI is InChI=1S/C21H25FN2O2.ClH/c1-26-20-10-6-16(7-11-20)13-21(25)24(19-3-2-12-23-14-19)15-17-4-8-18(22)9-5-17;/h4-11,19,23H,2-3,12-15H2,1H3;1H/t19-;/m0./s1. The molecule has 3 rings (SSSR count). The monoisotopic (exact) mass is 392 g/mol. The molecule has 1 N–H and O–H groups in total. The second kappa shape index (κ2) is 10.3. The molecule has 146 valence electrons. The molecule has 2 aromatic rings. The number of halogens is 2. The van der Waals surface area contributed by atoms with Crippen molar-refractivity contribution >= 4 is 18.3 Å². The molecule has 1 aliphatic rings. The van der Waals surface area contributed by atoms with Crippen molar-refractivity contribution in [3.8, 4) is 5.75 Å². The molecular weight excluding hydrogens is 367 g/mol. The number of hydrogen-bond acceptors (Lipinski definition) is 3. The van der Waals surface area contributed by atoms with Gasteiger partial charge in [0, 0.05) is 19.1 Å². The SMILES string of the molecule is COc1ccc(CC(=O)N(Cc2ccc(F)cc2)[C@H]2CCCNC2)cc1.Cl. The largest absolute Gasteiger partial charge is 0.497 e. The Bertz CT molecular complexity index is 716. The van der Waals surface area contributed by atoms with Gasteiger partial charge in [0.2, 0.25) is 5.91 Å². The van der Waals surface area contributed by atoms with E-state index in [1.165, 1.54) is 12.1 Å². The van der Waals surface area contributed by atoms with Crippen molar-refractivity contribution in [2.24, 2.45) is 0 Å². The van der Waals surface area contributed by atoms with Crippen LogP contribution in [-0.4, -0.2) is 37.0 Å². The second-order valence-corrected chi connectivity index (χ2v) is 6.67. The number of hydrogen-bond donors (Lipinski definition) is 1. The molecule has 27 heavy (non-hydrogen) atoms. The first kappa shape index (κ1) is 21.2. The third-order valence-corrected chi connectivity index (χ3v) is 4.81. The summed E-state index contributed by atoms with van der Waals surface area (Å²) >= 11 is 0. The quantitative estimate of drug-likeness (QED) is 0.817. The molecule has 0 bridgehead atoms. The predicted octanol–water partition coefficient (Wildman–Crippen LogP) is 3.58. The summed E-state index contributed by atoms with van der Waals surface area (Å²) in [5, 5.41) is 3.37. The second-order valence-electron chi connectivity index (χ2n) is 6.67. The highest BCUT2D eigenvalue weighted by molar-refractivity contribution is 5.85. The van der Waals surface area contributed by atoms with E-state index < -0.39 is 0 Å². The Morgan fingerprint density at radius 3 is 2.41 bits per heavy atom. The third-order valence-electron chi connectivity index (χ3n) is 4.81. The first-order valence-electron chi connectivity index (χ1n) is 9.03. The van der Waals surface area contributed by atoms with Crippen LogP contribution in [0.1, 0.15) is 24.0 Å². The summed E-state index contributed by atoms with van der Waals surface area (Å²) < 4.78 is 18.4. The van der Waals surface area contributed by atoms with Crippen LogP contribution in [0, 0.1) is 5.82 Å². The molecule has 0 aromatic heterocycles. The Kier molecular flexibility index (Phi) is 8.07. The van der Waals surface area contributed by atoms with Gasteiger partial charge in [0.25, 0.3) is 0 Å². The van der Waals surface area contributed by atoms with Crippen molar-refractivity contribution in [2.45, 2.75) is 31.8 Å². The zero-order chi connectivity index (χ0) is 18.4. The van der Waals surface area contributed by atoms with Gasteiger partial charge in [-0.25, -0.2) is 4.39 Å². The number of amides is 1. The van der Waals surface area contributed by atoms with Crippen LogP contribution in [0.3, 0.4) is 0 Å². The zero-order valence-electron chi connectivity index (χ0n) is 15.5. The van der Waals surface area contributed by atoms with E-state index in [2.05, 4.69) is 5.32 Å². The van der Waals surface area contributed by atoms with E-state index in [4.69, 9.17) is 4.74 Å². The maximum Gasteiger partial charge on any atom is 0.227 e. The first-order chi connectivity index (χ1) is 12.7. The molecule has 4 nitrogen and oxygen atoms in total. The molecule has 1 amide bonds. The van der Waals surface area contributed by atoms with Gasteiger partial charge in [-0.15, -0.1) is 12.4 Å². The van der Waals surface area contributed by atoms with Crippen LogP contribution in [0.2, 0.25) is 0 Å². The number of nitrogens with one attached hydrogen (secondary N) is 1. The number of nitrogens with zero attached hydrogens (tertiary/aromatic N) is 1. The lowest BCUT2D eigenvalue weighted by atomic mass is 10.0. The fourth-order valence-electron chi connectivity index (χ4n) is 3.33. The predicted molar refractivity (Wildman–Crippen MR) is 107 cm³/mol. The molecular formula is C21H26ClFN2O2. The maximum absolute atomic E-state index is 13.2. The van der Waals surface area contributed by atoms with Gasteiger partial charge >= 0.3 is 0 Å². The van der Waals surface area contributed by atoms with Crippen molar-refractivity contribution in [1.29, 1.82) is 0 Å². The lowest BCUT2D eigenvalue weighted by Crippen LogP contribution is -2.48. The third kappa shape index (κ3) is 5.94. The number of carbonyl (C=O) groups excluding carboxylic acids is 1. The van der Waals surface area contributed by atoms with Gasteiger partial charge < -0.3 is 15.0 Å². The van der Waals surface area contributed by atoms with Crippen molar-refractivity contribution in [3.05, 3.63) is 65.5 Å². The lowest BCUT2D eigenvalue weighted by molar-refractivity contribution is -0.133. The summed E-state index contributed by atoms with van der Waals surface area (Å²) in [6, 6.07) is 14.1. The number of methoxy groups -OCH3 is 1. The Morgan fingerprint density at radius 1 is 1.15 bits per heavy atom. The average molecular weight is 393 g/mol. The van der Waals surface area contributed by atoms with Crippen LogP contribution >= 0.6 is 12.4 Å². The number of benzene rings is 2. The average Bonchev–Trinajstić information content (AvgIpc) is 2.68. The van der Waals surface area contributed by atoms with Gasteiger partial charge in [-0.3, -0.25) is 4.79 Å². The van der Waals surface area contributed by atoms with Gasteiger partial charge in [0.1, 0.15) is 11.6 Å². The molecule has 0 radical (unpaired) electrons. The van der Waals surface area contributed by atoms with Crippen molar-refractivity contribution in [3.63, 3.8) is 0 Å². The summed E-state index contributed by atoms with van der Waals surface area (Å²) in [6.07, 6.45) is 2.39. The Hall–Kier alpha value is -2.11. The minimum atomic E-state index is -0.260. The van der Waals surface area contributed by atoms with Crippen LogP contribution in [0.25, 0.3) is 0 Å². The van der Waals surface area contributed by atoms with E-state index in [0.29, 0.717) is 13.0 Å². The van der Waals surface area contributed by atoms with Crippen LogP contribution < -0.4 is 10.1 Å². The summed E-state index contributed by atoms with van der Waals surface area (Å²) in [5.74, 6) is 0.609. The number of piperidine rings is 1. The van der Waals surface area contributed by atoms with Crippen LogP contribution in [0.5, 0.6) is 5.75 Å². The van der Waals surface area contributed by atoms with E-state index >= 15 is 0 Å². The van der Waals surface area contributed by atoms with Crippen LogP contribution in [0.4, 0.5) is 4.39 Å². The normalized spacial score (nSPS) is 16.3. The van der Waals surface area contributed by atoms with Crippen LogP contribution in [-0.2, 0) is 17.8 Å². The number of ether oxygens (including phenoxy) is 1. The molecule has 1 aliphatic heterocycles. The Balaban J connectivity index is 0.00000261. The van der Waals surface area contributed by atoms with Gasteiger partial charge in [-0.1, -0.05) is 24.3 Å². The molecule has 6 heteroatoms. The molecule has 2 aromatic carbocycles. The molecule has 0 aliphatic carbocycles. The van der Waals surface area contributed by atoms with Crippen LogP contribution in [0.15, 0.2) is 48.5 Å². The molecule has 1 atom stereocenters. The van der Waals surface area contributed by atoms with E-state index in [9.17, 15) is 9.18 Å². The number of carbonyl (C=O) groups is 1. The smallest absolute Gasteiger partial charge is 0.227 e. The fourth-order valence-corrected chi connectivity index (χ4v) is 3.33. The summed E-state index contributed by atoms with van der Waals surface area (Å²) in [4.78, 5) is 15.0. The van der Waals surface area contributed by atoms with E-state index in [-0.39, 0.29) is 30.2 Å². The highest BCUT2D eigenvalue weighted by atomic mass is 35.5. The molecule has 0 spiro atoms. The van der Waals surface area contributed by atoms with Gasteiger partial charge in [-0.05, 0) is 54.8 Å². The molecule has 1 heterocycles. The topological polar surface area (TPSA) is 41.6 Å². The summed E-state index contributed by atoms with van der Waals surface area (Å²) in [5.41, 5.74) is 1.91. The zero-order valence-corrected chi connectivity index (χ0v) is 16.3. The van der Waals surface area contributed by atoms with Gasteiger partial charge in [0.15, 0.2) is 0 Å². The lowest BCUT2D eigenvalue weighted by Gasteiger charge is -2.35. The summed E-state index contributed by atoms with van der Waals surface area (Å²) in [7, 11) is 1.63. The van der Waals surface area contributed by atoms with Crippen molar-refractivity contribution in [1.82, 2.24) is 10.2 Å². The number of rotatable bonds is 6. The highest BCUT2D eigenvalue weighted by Crippen LogP contribution is 2.18. The van der Waals surface area contributed by atoms with Gasteiger partial charge in [0.05, 0.1) is 13.5 Å². The van der Waals surface area contributed by atoms with E-state index in [1.54, 1.807) is 19.2 Å². The molecule has 0 unspecified atom stereocenters. The van der Waals surface area contributed by atoms with E-state index in [0.717, 1.165) is 42.8 Å². The van der Waals surface area contributed by atoms with Crippen molar-refractivity contribution in [2.75, 3.05) is 20.2 Å². The first-order valence-corrected chi connectivity index (χ1v) is 9.03. The Morgan fingerprint density at radius 2 is 1.81 bits per heavy atom. The molecule has 0 saturated carbocycles. The van der Waals surface area contributed by atoms with E-state index in [1.807, 2.05) is 29.2 Å². The summed E-state index contributed by atoms with van der Waals surface area (Å²) in [6.45, 7) is 2.30. The fraction of sp³-hybridized carbons (Fsp3) is 0.381. The minimum absolute atomic E-state index is 0. The maximum atomic E-state index is 13.2.